The Bertz CT molecular complexity index is 1410. The molecule has 3 aliphatic rings. The zero-order valence-electron chi connectivity index (χ0n) is 20.7. The second-order valence-corrected chi connectivity index (χ2v) is 12.4. The molecule has 0 spiro atoms. The van der Waals surface area contributed by atoms with Gasteiger partial charge in [0.25, 0.3) is 0 Å². The van der Waals surface area contributed by atoms with Gasteiger partial charge in [-0.05, 0) is 66.3 Å². The highest BCUT2D eigenvalue weighted by molar-refractivity contribution is 8.16. The third kappa shape index (κ3) is 4.07. The van der Waals surface area contributed by atoms with Crippen molar-refractivity contribution >= 4 is 32.7 Å². The lowest BCUT2D eigenvalue weighted by Gasteiger charge is -2.26. The van der Waals surface area contributed by atoms with E-state index in [1.165, 1.54) is 0 Å². The van der Waals surface area contributed by atoms with E-state index in [1.807, 2.05) is 38.1 Å². The van der Waals surface area contributed by atoms with Crippen molar-refractivity contribution in [1.29, 1.82) is 0 Å². The molecular formula is C29H31NO4S. The monoisotopic (exact) mass is 489 g/mol. The second-order valence-electron chi connectivity index (χ2n) is 10.7. The number of ketones is 1. The lowest BCUT2D eigenvalue weighted by molar-refractivity contribution is -0.141. The van der Waals surface area contributed by atoms with Gasteiger partial charge < -0.3 is 14.2 Å². The summed E-state index contributed by atoms with van der Waals surface area (Å²) in [5.74, 6) is 0.284. The molecule has 6 rings (SSSR count). The number of carbonyl (C=O) groups excluding carboxylic acids is 1. The second kappa shape index (κ2) is 8.19. The summed E-state index contributed by atoms with van der Waals surface area (Å²) in [7, 11) is -0.200. The minimum atomic E-state index is -0.569. The van der Waals surface area contributed by atoms with Gasteiger partial charge in [0.15, 0.2) is 11.6 Å². The molecule has 0 N–H and O–H groups in total. The van der Waals surface area contributed by atoms with Crippen LogP contribution in [0.3, 0.4) is 0 Å². The SMILES string of the molecule is CC1(C)C=CS(n2c3c(c4ccccc42)C(=O)c2ccc(OC[C@H]4COC(C)(C)O4)cc2C3)=CC1. The molecule has 1 saturated heterocycles. The number of nitrogens with zero attached hydrogens (tertiary/aromatic N) is 1. The molecule has 0 saturated carbocycles. The Morgan fingerprint density at radius 3 is 2.71 bits per heavy atom. The Labute approximate surface area is 208 Å². The summed E-state index contributed by atoms with van der Waals surface area (Å²) < 4.78 is 20.0. The predicted molar refractivity (Wildman–Crippen MR) is 142 cm³/mol. The molecular weight excluding hydrogens is 458 g/mol. The van der Waals surface area contributed by atoms with E-state index < -0.39 is 5.79 Å². The van der Waals surface area contributed by atoms with Gasteiger partial charge in [0.1, 0.15) is 18.5 Å². The van der Waals surface area contributed by atoms with Gasteiger partial charge in [-0.1, -0.05) is 48.8 Å². The summed E-state index contributed by atoms with van der Waals surface area (Å²) in [6, 6.07) is 14.1. The van der Waals surface area contributed by atoms with Gasteiger partial charge in [-0.3, -0.25) is 8.77 Å². The average Bonchev–Trinajstić information content (AvgIpc) is 3.34. The molecule has 0 amide bonds. The van der Waals surface area contributed by atoms with Crippen molar-refractivity contribution in [3.8, 4) is 5.75 Å². The van der Waals surface area contributed by atoms with Gasteiger partial charge in [0.2, 0.25) is 0 Å². The van der Waals surface area contributed by atoms with E-state index in [4.69, 9.17) is 14.2 Å². The van der Waals surface area contributed by atoms with Crippen LogP contribution in [0.25, 0.3) is 10.9 Å². The van der Waals surface area contributed by atoms with Crippen molar-refractivity contribution < 1.29 is 19.0 Å². The number of hydrogen-bond acceptors (Lipinski definition) is 4. The molecule has 6 heteroatoms. The Hall–Kier alpha value is -2.67. The van der Waals surface area contributed by atoms with Crippen molar-refractivity contribution in [2.75, 3.05) is 13.2 Å². The summed E-state index contributed by atoms with van der Waals surface area (Å²) >= 11 is 0. The Morgan fingerprint density at radius 2 is 1.97 bits per heavy atom. The van der Waals surface area contributed by atoms with Gasteiger partial charge in [-0.15, -0.1) is 0 Å². The Kier molecular flexibility index (Phi) is 5.33. The highest BCUT2D eigenvalue weighted by Crippen LogP contribution is 2.42. The number of para-hydroxylation sites is 1. The van der Waals surface area contributed by atoms with Crippen LogP contribution in [0.2, 0.25) is 0 Å². The van der Waals surface area contributed by atoms with Crippen molar-refractivity contribution in [3.63, 3.8) is 0 Å². The fourth-order valence-corrected chi connectivity index (χ4v) is 7.40. The van der Waals surface area contributed by atoms with Gasteiger partial charge in [0.05, 0.1) is 17.7 Å². The number of rotatable bonds is 4. The van der Waals surface area contributed by atoms with E-state index in [-0.39, 0.29) is 28.0 Å². The van der Waals surface area contributed by atoms with E-state index in [0.717, 1.165) is 45.5 Å². The number of benzene rings is 2. The molecule has 0 radical (unpaired) electrons. The van der Waals surface area contributed by atoms with Crippen molar-refractivity contribution in [1.82, 2.24) is 3.97 Å². The first-order valence-electron chi connectivity index (χ1n) is 12.2. The lowest BCUT2D eigenvalue weighted by Crippen LogP contribution is -2.25. The van der Waals surface area contributed by atoms with Crippen LogP contribution in [0.4, 0.5) is 0 Å². The average molecular weight is 490 g/mol. The number of aromatic nitrogens is 1. The maximum atomic E-state index is 13.8. The quantitative estimate of drug-likeness (QED) is 0.326. The van der Waals surface area contributed by atoms with Gasteiger partial charge in [0, 0.05) is 23.1 Å². The van der Waals surface area contributed by atoms with Crippen LogP contribution in [0.1, 0.15) is 61.3 Å². The van der Waals surface area contributed by atoms with E-state index in [1.54, 1.807) is 0 Å². The van der Waals surface area contributed by atoms with Gasteiger partial charge in [-0.25, -0.2) is 0 Å². The fourth-order valence-electron chi connectivity index (χ4n) is 5.11. The zero-order valence-corrected chi connectivity index (χ0v) is 21.5. The first-order chi connectivity index (χ1) is 16.7. The maximum Gasteiger partial charge on any atom is 0.195 e. The molecule has 3 heterocycles. The van der Waals surface area contributed by atoms with Crippen LogP contribution in [0.5, 0.6) is 5.75 Å². The minimum Gasteiger partial charge on any atom is -0.491 e. The first kappa shape index (κ1) is 22.8. The number of ether oxygens (including phenoxy) is 3. The molecule has 1 aliphatic carbocycles. The predicted octanol–water partition coefficient (Wildman–Crippen LogP) is 6.08. The summed E-state index contributed by atoms with van der Waals surface area (Å²) in [6.07, 6.45) is 3.93. The molecule has 3 aromatic rings. The van der Waals surface area contributed by atoms with Crippen LogP contribution >= 0.6 is 10.7 Å². The first-order valence-corrected chi connectivity index (χ1v) is 13.5. The third-order valence-corrected chi connectivity index (χ3v) is 8.75. The molecule has 35 heavy (non-hydrogen) atoms. The number of carbonyl (C=O) groups is 1. The number of allylic oxidation sites excluding steroid dienone is 1. The summed E-state index contributed by atoms with van der Waals surface area (Å²) in [6.45, 7) is 9.27. The third-order valence-electron chi connectivity index (χ3n) is 6.99. The normalized spacial score (nSPS) is 24.2. The van der Waals surface area contributed by atoms with Gasteiger partial charge in [-0.2, -0.15) is 0 Å². The largest absolute Gasteiger partial charge is 0.491 e. The summed E-state index contributed by atoms with van der Waals surface area (Å²) in [5.41, 5.74) is 5.02. The van der Waals surface area contributed by atoms with Crippen molar-refractivity contribution in [3.05, 3.63) is 76.3 Å². The summed E-state index contributed by atoms with van der Waals surface area (Å²) in [4.78, 5) is 13.8. The van der Waals surface area contributed by atoms with Crippen molar-refractivity contribution in [2.45, 2.75) is 52.4 Å². The smallest absolute Gasteiger partial charge is 0.195 e. The molecule has 2 atom stereocenters. The highest BCUT2D eigenvalue weighted by Gasteiger charge is 2.34. The van der Waals surface area contributed by atoms with Crippen LogP contribution in [-0.2, 0) is 15.9 Å². The Balaban J connectivity index is 1.36. The molecule has 1 fully saturated rings. The maximum absolute atomic E-state index is 13.8. The summed E-state index contributed by atoms with van der Waals surface area (Å²) in [5, 5.41) is 5.75. The van der Waals surface area contributed by atoms with Crippen LogP contribution in [0, 0.1) is 5.41 Å². The zero-order chi connectivity index (χ0) is 24.4. The molecule has 2 aliphatic heterocycles. The lowest BCUT2D eigenvalue weighted by atomic mass is 9.87. The van der Waals surface area contributed by atoms with E-state index in [9.17, 15) is 4.79 Å². The van der Waals surface area contributed by atoms with Crippen LogP contribution in [0.15, 0.2) is 53.9 Å². The molecule has 0 bridgehead atoms. The molecule has 5 nitrogen and oxygen atoms in total. The van der Waals surface area contributed by atoms with Crippen molar-refractivity contribution in [2.24, 2.45) is 5.41 Å². The number of hydrogen-bond donors (Lipinski definition) is 0. The van der Waals surface area contributed by atoms with Crippen LogP contribution in [-0.4, -0.2) is 40.2 Å². The number of fused-ring (bicyclic) bond motifs is 4. The molecule has 1 aromatic heterocycles. The van der Waals surface area contributed by atoms with Crippen LogP contribution < -0.4 is 4.74 Å². The molecule has 182 valence electrons. The van der Waals surface area contributed by atoms with Gasteiger partial charge >= 0.3 is 0 Å². The topological polar surface area (TPSA) is 49.7 Å². The molecule has 1 unspecified atom stereocenters. The Morgan fingerprint density at radius 1 is 1.14 bits per heavy atom. The van der Waals surface area contributed by atoms with E-state index in [2.05, 4.69) is 52.9 Å². The van der Waals surface area contributed by atoms with E-state index in [0.29, 0.717) is 19.6 Å². The standard InChI is InChI=1S/C29H31NO4S/c1-28(2)11-13-35(14-12-28)30-24-8-6-5-7-23(24)26-25(30)16-19-15-20(9-10-22(19)27(26)31)32-17-21-18-33-29(3,4)34-21/h5-11,13-15,21H,12,16-18H2,1-4H3/t21-,35?/m0/s1. The minimum absolute atomic E-state index is 0.0990. The van der Waals surface area contributed by atoms with E-state index >= 15 is 0 Å². The fraction of sp³-hybridized carbons (Fsp3) is 0.379. The molecule has 2 aromatic carbocycles. The highest BCUT2D eigenvalue weighted by atomic mass is 32.2.